The van der Waals surface area contributed by atoms with E-state index in [0.29, 0.717) is 0 Å². The van der Waals surface area contributed by atoms with E-state index in [4.69, 9.17) is 0 Å². The van der Waals surface area contributed by atoms with Crippen molar-refractivity contribution in [3.63, 3.8) is 0 Å². The lowest BCUT2D eigenvalue weighted by atomic mass is 9.77. The lowest BCUT2D eigenvalue weighted by molar-refractivity contribution is 0.233. The van der Waals surface area contributed by atoms with Crippen LogP contribution < -0.4 is 5.32 Å². The van der Waals surface area contributed by atoms with Crippen molar-refractivity contribution in [3.8, 4) is 0 Å². The average Bonchev–Trinajstić information content (AvgIpc) is 2.72. The summed E-state index contributed by atoms with van der Waals surface area (Å²) in [5, 5.41) is 3.38. The molecule has 2 rings (SSSR count). The quantitative estimate of drug-likeness (QED) is 0.835. The van der Waals surface area contributed by atoms with E-state index in [9.17, 15) is 4.39 Å². The Labute approximate surface area is 103 Å². The van der Waals surface area contributed by atoms with E-state index in [0.717, 1.165) is 11.1 Å². The molecule has 0 amide bonds. The Morgan fingerprint density at radius 3 is 2.47 bits per heavy atom. The molecule has 1 unspecified atom stereocenters. The van der Waals surface area contributed by atoms with Crippen LogP contribution >= 0.6 is 0 Å². The van der Waals surface area contributed by atoms with Gasteiger partial charge in [-0.2, -0.15) is 0 Å². The van der Waals surface area contributed by atoms with Gasteiger partial charge in [0.1, 0.15) is 5.82 Å². The second-order valence-electron chi connectivity index (χ2n) is 5.59. The van der Waals surface area contributed by atoms with Gasteiger partial charge in [0.15, 0.2) is 0 Å². The normalized spacial score (nSPS) is 20.5. The molecule has 1 aromatic rings. The summed E-state index contributed by atoms with van der Waals surface area (Å²) in [5.41, 5.74) is 2.08. The number of halogens is 1. The topological polar surface area (TPSA) is 12.0 Å². The fraction of sp³-hybridized carbons (Fsp3) is 0.600. The van der Waals surface area contributed by atoms with Crippen molar-refractivity contribution in [2.75, 3.05) is 7.05 Å². The second-order valence-corrected chi connectivity index (χ2v) is 5.59. The van der Waals surface area contributed by atoms with Crippen LogP contribution in [0.4, 0.5) is 4.39 Å². The lowest BCUT2D eigenvalue weighted by Gasteiger charge is -2.34. The van der Waals surface area contributed by atoms with Crippen LogP contribution in [-0.2, 0) is 0 Å². The van der Waals surface area contributed by atoms with Crippen molar-refractivity contribution < 1.29 is 4.39 Å². The minimum atomic E-state index is -0.0932. The van der Waals surface area contributed by atoms with Gasteiger partial charge in [-0.3, -0.25) is 0 Å². The maximum atomic E-state index is 13.7. The maximum Gasteiger partial charge on any atom is 0.126 e. The lowest BCUT2D eigenvalue weighted by Crippen LogP contribution is -2.32. The molecule has 0 radical (unpaired) electrons. The first-order valence-corrected chi connectivity index (χ1v) is 6.50. The van der Waals surface area contributed by atoms with Crippen molar-refractivity contribution in [2.24, 2.45) is 5.41 Å². The molecule has 1 nitrogen and oxygen atoms in total. The van der Waals surface area contributed by atoms with Crippen LogP contribution in [0, 0.1) is 18.2 Å². The third-order valence-corrected chi connectivity index (χ3v) is 4.26. The van der Waals surface area contributed by atoms with Crippen molar-refractivity contribution in [2.45, 2.75) is 45.6 Å². The number of rotatable bonds is 3. The molecule has 0 aliphatic heterocycles. The van der Waals surface area contributed by atoms with Crippen LogP contribution in [-0.4, -0.2) is 7.05 Å². The molecule has 1 aliphatic rings. The van der Waals surface area contributed by atoms with Crippen LogP contribution in [0.25, 0.3) is 0 Å². The van der Waals surface area contributed by atoms with E-state index in [-0.39, 0.29) is 17.3 Å². The van der Waals surface area contributed by atoms with Crippen LogP contribution in [0.3, 0.4) is 0 Å². The molecule has 1 atom stereocenters. The van der Waals surface area contributed by atoms with Gasteiger partial charge in [0.05, 0.1) is 0 Å². The molecule has 0 heterocycles. The van der Waals surface area contributed by atoms with Gasteiger partial charge in [0, 0.05) is 6.04 Å². The Hall–Kier alpha value is -0.890. The number of nitrogens with one attached hydrogen (secondary N) is 1. The number of hydrogen-bond donors (Lipinski definition) is 1. The molecule has 1 fully saturated rings. The molecule has 0 bridgehead atoms. The van der Waals surface area contributed by atoms with Crippen molar-refractivity contribution in [3.05, 3.63) is 35.1 Å². The molecule has 1 aromatic carbocycles. The monoisotopic (exact) mass is 235 g/mol. The molecule has 0 spiro atoms. The van der Waals surface area contributed by atoms with E-state index < -0.39 is 0 Å². The van der Waals surface area contributed by atoms with Crippen molar-refractivity contribution in [1.82, 2.24) is 5.32 Å². The van der Waals surface area contributed by atoms with Gasteiger partial charge in [-0.25, -0.2) is 4.39 Å². The van der Waals surface area contributed by atoms with Gasteiger partial charge < -0.3 is 5.32 Å². The maximum absolute atomic E-state index is 13.7. The summed E-state index contributed by atoms with van der Waals surface area (Å²) in [4.78, 5) is 0. The molecule has 94 valence electrons. The van der Waals surface area contributed by atoms with Crippen LogP contribution in [0.15, 0.2) is 18.2 Å². The molecule has 0 saturated heterocycles. The fourth-order valence-electron chi connectivity index (χ4n) is 3.18. The molecule has 1 aliphatic carbocycles. The van der Waals surface area contributed by atoms with Crippen LogP contribution in [0.2, 0.25) is 0 Å². The highest BCUT2D eigenvalue weighted by molar-refractivity contribution is 5.27. The highest BCUT2D eigenvalue weighted by Gasteiger charge is 2.37. The molecular weight excluding hydrogens is 213 g/mol. The molecule has 1 N–H and O–H groups in total. The average molecular weight is 235 g/mol. The molecule has 1 saturated carbocycles. The van der Waals surface area contributed by atoms with Gasteiger partial charge in [-0.1, -0.05) is 31.9 Å². The molecule has 0 aromatic heterocycles. The largest absolute Gasteiger partial charge is 0.313 e. The molecule has 17 heavy (non-hydrogen) atoms. The predicted molar refractivity (Wildman–Crippen MR) is 69.5 cm³/mol. The Morgan fingerprint density at radius 2 is 1.94 bits per heavy atom. The van der Waals surface area contributed by atoms with Crippen LogP contribution in [0.5, 0.6) is 0 Å². The van der Waals surface area contributed by atoms with Gasteiger partial charge in [-0.05, 0) is 49.4 Å². The SMILES string of the molecule is CNC(c1ccc(C)c(F)c1)C1(C)CCCC1. The number of hydrogen-bond acceptors (Lipinski definition) is 1. The standard InChI is InChI=1S/C15H22FN/c1-11-6-7-12(10-13(11)16)14(17-3)15(2)8-4-5-9-15/h6-7,10,14,17H,4-5,8-9H2,1-3H3. The highest BCUT2D eigenvalue weighted by Crippen LogP contribution is 2.47. The zero-order chi connectivity index (χ0) is 12.5. The summed E-state index contributed by atoms with van der Waals surface area (Å²) in [5.74, 6) is -0.0932. The molecule has 2 heteroatoms. The van der Waals surface area contributed by atoms with E-state index in [2.05, 4.69) is 18.3 Å². The van der Waals surface area contributed by atoms with Gasteiger partial charge >= 0.3 is 0 Å². The summed E-state index contributed by atoms with van der Waals surface area (Å²) < 4.78 is 13.7. The van der Waals surface area contributed by atoms with Gasteiger partial charge in [0.2, 0.25) is 0 Å². The first-order chi connectivity index (χ1) is 8.07. The third-order valence-electron chi connectivity index (χ3n) is 4.26. The van der Waals surface area contributed by atoms with Gasteiger partial charge in [0.25, 0.3) is 0 Å². The number of aryl methyl sites for hydroxylation is 1. The zero-order valence-corrected chi connectivity index (χ0v) is 11.0. The zero-order valence-electron chi connectivity index (χ0n) is 11.0. The van der Waals surface area contributed by atoms with Crippen molar-refractivity contribution >= 4 is 0 Å². The van der Waals surface area contributed by atoms with Crippen molar-refractivity contribution in [1.29, 1.82) is 0 Å². The number of benzene rings is 1. The Bertz CT molecular complexity index is 394. The van der Waals surface area contributed by atoms with E-state index in [1.54, 1.807) is 6.07 Å². The Balaban J connectivity index is 2.31. The summed E-state index contributed by atoms with van der Waals surface area (Å²) in [6.07, 6.45) is 5.05. The minimum absolute atomic E-state index is 0.0932. The minimum Gasteiger partial charge on any atom is -0.313 e. The summed E-state index contributed by atoms with van der Waals surface area (Å²) in [7, 11) is 1.98. The second kappa shape index (κ2) is 4.77. The van der Waals surface area contributed by atoms with Crippen LogP contribution in [0.1, 0.15) is 49.8 Å². The third kappa shape index (κ3) is 2.37. The Kier molecular flexibility index (Phi) is 3.53. The predicted octanol–water partition coefficient (Wildman–Crippen LogP) is 3.97. The smallest absolute Gasteiger partial charge is 0.126 e. The highest BCUT2D eigenvalue weighted by atomic mass is 19.1. The van der Waals surface area contributed by atoms with E-state index in [1.165, 1.54) is 25.7 Å². The molecular formula is C15H22FN. The van der Waals surface area contributed by atoms with E-state index in [1.807, 2.05) is 20.0 Å². The van der Waals surface area contributed by atoms with E-state index >= 15 is 0 Å². The first kappa shape index (κ1) is 12.6. The first-order valence-electron chi connectivity index (χ1n) is 6.50. The van der Waals surface area contributed by atoms with Gasteiger partial charge in [-0.15, -0.1) is 0 Å². The summed E-state index contributed by atoms with van der Waals surface area (Å²) in [6, 6.07) is 5.90. The summed E-state index contributed by atoms with van der Waals surface area (Å²) in [6.45, 7) is 4.13. The Morgan fingerprint density at radius 1 is 1.29 bits per heavy atom. The fourth-order valence-corrected chi connectivity index (χ4v) is 3.18. The summed E-state index contributed by atoms with van der Waals surface area (Å²) >= 11 is 0.